The van der Waals surface area contributed by atoms with Crippen LogP contribution in [0.3, 0.4) is 0 Å². The highest BCUT2D eigenvalue weighted by Gasteiger charge is 2.36. The maximum Gasteiger partial charge on any atom is 0.416 e. The average molecular weight is 585 g/mol. The van der Waals surface area contributed by atoms with Gasteiger partial charge >= 0.3 is 6.18 Å². The smallest absolute Gasteiger partial charge is 0.318 e. The van der Waals surface area contributed by atoms with E-state index in [0.717, 1.165) is 29.5 Å². The first-order valence-electron chi connectivity index (χ1n) is 12.6. The number of carbonyl (C=O) groups is 1. The number of hydrogen-bond acceptors (Lipinski definition) is 6. The third-order valence-electron chi connectivity index (χ3n) is 6.55. The molecular weight excluding hydrogens is 557 g/mol. The van der Waals surface area contributed by atoms with E-state index in [-0.39, 0.29) is 17.7 Å². The van der Waals surface area contributed by atoms with Crippen molar-refractivity contribution in [3.63, 3.8) is 0 Å². The summed E-state index contributed by atoms with van der Waals surface area (Å²) < 4.78 is 68.4. The molecular formula is C28H27F3N6O3S. The molecule has 0 bridgehead atoms. The van der Waals surface area contributed by atoms with Crippen LogP contribution in [0.1, 0.15) is 33.1 Å². The van der Waals surface area contributed by atoms with Gasteiger partial charge in [-0.1, -0.05) is 30.3 Å². The Kier molecular flexibility index (Phi) is 7.60. The number of hydrazine groups is 1. The van der Waals surface area contributed by atoms with Crippen molar-refractivity contribution >= 4 is 27.4 Å². The average Bonchev–Trinajstić information content (AvgIpc) is 3.51. The molecule has 0 aliphatic carbocycles. The number of benzene rings is 2. The number of aromatic nitrogens is 2. The van der Waals surface area contributed by atoms with Crippen molar-refractivity contribution in [2.75, 3.05) is 25.2 Å². The molecule has 0 spiro atoms. The largest absolute Gasteiger partial charge is 0.416 e. The first-order chi connectivity index (χ1) is 19.4. The maximum absolute atomic E-state index is 13.8. The number of alkyl halides is 3. The predicted molar refractivity (Wildman–Crippen MR) is 149 cm³/mol. The van der Waals surface area contributed by atoms with Crippen LogP contribution in [0, 0.1) is 0 Å². The molecule has 1 amide bonds. The van der Waals surface area contributed by atoms with Crippen LogP contribution in [0.25, 0.3) is 16.9 Å². The van der Waals surface area contributed by atoms with Gasteiger partial charge in [-0.15, -0.1) is 0 Å². The maximum atomic E-state index is 13.8. The highest BCUT2D eigenvalue weighted by Crippen LogP contribution is 2.37. The second-order valence-corrected chi connectivity index (χ2v) is 11.5. The van der Waals surface area contributed by atoms with Gasteiger partial charge in [0.1, 0.15) is 17.2 Å². The van der Waals surface area contributed by atoms with E-state index in [1.54, 1.807) is 47.1 Å². The van der Waals surface area contributed by atoms with Crippen LogP contribution in [-0.2, 0) is 22.6 Å². The molecule has 41 heavy (non-hydrogen) atoms. The van der Waals surface area contributed by atoms with Gasteiger partial charge in [-0.2, -0.15) is 13.2 Å². The normalized spacial score (nSPS) is 15.5. The Bertz CT molecular complexity index is 1740. The Labute approximate surface area is 234 Å². The van der Waals surface area contributed by atoms with Crippen LogP contribution in [0.4, 0.5) is 19.0 Å². The standard InChI is InChI=1S/C28H27F3N6O3S/c1-36-14-12-23(35-36)21-17-20(8-9-22(21)28(29,30)31)27(38)34-26-25(19-6-4-3-5-7-19)33-24-16-18(11-15-37(24)26)10-13-32-41(2,39)40/h3-9,11-12,14-17,23,32,35H,10,13H2,1-2H3,(H,34,38). The number of anilines is 1. The number of sulfonamides is 1. The molecule has 3 N–H and O–H groups in total. The van der Waals surface area contributed by atoms with Crippen molar-refractivity contribution in [2.45, 2.75) is 18.6 Å². The molecule has 0 fully saturated rings. The summed E-state index contributed by atoms with van der Waals surface area (Å²) in [7, 11) is -1.66. The molecule has 4 aromatic rings. The van der Waals surface area contributed by atoms with Gasteiger partial charge in [0.2, 0.25) is 10.0 Å². The summed E-state index contributed by atoms with van der Waals surface area (Å²) in [5.41, 5.74) is 4.60. The van der Waals surface area contributed by atoms with Gasteiger partial charge in [-0.25, -0.2) is 23.5 Å². The molecule has 5 rings (SSSR count). The Balaban J connectivity index is 1.51. The molecule has 13 heteroatoms. The lowest BCUT2D eigenvalue weighted by Gasteiger charge is -2.20. The first-order valence-corrected chi connectivity index (χ1v) is 14.5. The molecule has 2 aromatic carbocycles. The summed E-state index contributed by atoms with van der Waals surface area (Å²) in [6.45, 7) is 0.210. The van der Waals surface area contributed by atoms with Gasteiger partial charge in [0.05, 0.1) is 17.9 Å². The molecule has 0 saturated heterocycles. The van der Waals surface area contributed by atoms with Crippen molar-refractivity contribution in [3.05, 3.63) is 101 Å². The van der Waals surface area contributed by atoms with Gasteiger partial charge in [0, 0.05) is 37.1 Å². The summed E-state index contributed by atoms with van der Waals surface area (Å²) >= 11 is 0. The number of pyridine rings is 1. The zero-order chi connectivity index (χ0) is 29.4. The number of imidazole rings is 1. The van der Waals surface area contributed by atoms with Crippen LogP contribution in [0.5, 0.6) is 0 Å². The highest BCUT2D eigenvalue weighted by molar-refractivity contribution is 7.88. The summed E-state index contributed by atoms with van der Waals surface area (Å²) in [4.78, 5) is 18.2. The molecule has 1 aliphatic heterocycles. The monoisotopic (exact) mass is 584 g/mol. The van der Waals surface area contributed by atoms with Crippen LogP contribution in [0.15, 0.2) is 79.1 Å². The van der Waals surface area contributed by atoms with Crippen LogP contribution < -0.4 is 15.5 Å². The predicted octanol–water partition coefficient (Wildman–Crippen LogP) is 4.37. The number of rotatable bonds is 8. The van der Waals surface area contributed by atoms with Crippen LogP contribution in [-0.4, -0.2) is 48.6 Å². The van der Waals surface area contributed by atoms with Crippen molar-refractivity contribution in [1.29, 1.82) is 0 Å². The zero-order valence-electron chi connectivity index (χ0n) is 22.1. The fraction of sp³-hybridized carbons (Fsp3) is 0.214. The minimum Gasteiger partial charge on any atom is -0.318 e. The second-order valence-electron chi connectivity index (χ2n) is 9.67. The van der Waals surface area contributed by atoms with Crippen LogP contribution >= 0.6 is 0 Å². The van der Waals surface area contributed by atoms with Crippen molar-refractivity contribution < 1.29 is 26.4 Å². The molecule has 214 valence electrons. The van der Waals surface area contributed by atoms with Crippen molar-refractivity contribution in [3.8, 4) is 11.3 Å². The minimum atomic E-state index is -4.60. The van der Waals surface area contributed by atoms with Gasteiger partial charge < -0.3 is 10.3 Å². The SMILES string of the molecule is CN1C=CC(c2cc(C(=O)Nc3c(-c4ccccc4)nc4cc(CCNS(C)(=O)=O)ccn34)ccc2C(F)(F)F)N1. The van der Waals surface area contributed by atoms with Crippen molar-refractivity contribution in [1.82, 2.24) is 24.5 Å². The first kappa shape index (κ1) is 28.3. The highest BCUT2D eigenvalue weighted by atomic mass is 32.2. The number of nitrogens with one attached hydrogen (secondary N) is 3. The van der Waals surface area contributed by atoms with Crippen LogP contribution in [0.2, 0.25) is 0 Å². The molecule has 0 saturated carbocycles. The fourth-order valence-electron chi connectivity index (χ4n) is 4.63. The van der Waals surface area contributed by atoms with E-state index in [0.29, 0.717) is 23.6 Å². The zero-order valence-corrected chi connectivity index (χ0v) is 22.9. The summed E-state index contributed by atoms with van der Waals surface area (Å²) in [6.07, 6.45) is 1.83. The third kappa shape index (κ3) is 6.42. The van der Waals surface area contributed by atoms with E-state index >= 15 is 0 Å². The van der Waals surface area contributed by atoms with E-state index in [4.69, 9.17) is 4.98 Å². The van der Waals surface area contributed by atoms with Gasteiger partial charge in [-0.3, -0.25) is 9.20 Å². The number of amides is 1. The fourth-order valence-corrected chi connectivity index (χ4v) is 5.11. The molecule has 1 unspecified atom stereocenters. The summed E-state index contributed by atoms with van der Waals surface area (Å²) in [5, 5.41) is 4.40. The molecule has 9 nitrogen and oxygen atoms in total. The van der Waals surface area contributed by atoms with E-state index in [1.807, 2.05) is 30.3 Å². The van der Waals surface area contributed by atoms with E-state index in [1.165, 1.54) is 6.07 Å². The number of hydrogen-bond donors (Lipinski definition) is 3. The lowest BCUT2D eigenvalue weighted by atomic mass is 9.97. The Morgan fingerprint density at radius 1 is 1.10 bits per heavy atom. The molecule has 1 atom stereocenters. The lowest BCUT2D eigenvalue weighted by Crippen LogP contribution is -2.28. The van der Waals surface area contributed by atoms with E-state index < -0.39 is 33.7 Å². The second kappa shape index (κ2) is 11.0. The topological polar surface area (TPSA) is 108 Å². The van der Waals surface area contributed by atoms with Crippen molar-refractivity contribution in [2.24, 2.45) is 0 Å². The summed E-state index contributed by atoms with van der Waals surface area (Å²) in [6, 6.07) is 15.3. The Morgan fingerprint density at radius 2 is 1.85 bits per heavy atom. The molecule has 1 aliphatic rings. The van der Waals surface area contributed by atoms with E-state index in [2.05, 4.69) is 15.5 Å². The number of nitrogens with zero attached hydrogens (tertiary/aromatic N) is 3. The Morgan fingerprint density at radius 3 is 2.51 bits per heavy atom. The Hall–Kier alpha value is -4.20. The quantitative estimate of drug-likeness (QED) is 0.284. The molecule has 2 aromatic heterocycles. The minimum absolute atomic E-state index is 0.0511. The molecule has 0 radical (unpaired) electrons. The molecule has 3 heterocycles. The summed E-state index contributed by atoms with van der Waals surface area (Å²) in [5.74, 6) is -0.257. The van der Waals surface area contributed by atoms with Gasteiger partial charge in [0.15, 0.2) is 0 Å². The number of fused-ring (bicyclic) bond motifs is 1. The van der Waals surface area contributed by atoms with Gasteiger partial charge in [0.25, 0.3) is 5.91 Å². The number of carbonyl (C=O) groups excluding carboxylic acids is 1. The van der Waals surface area contributed by atoms with E-state index in [9.17, 15) is 26.4 Å². The third-order valence-corrected chi connectivity index (χ3v) is 7.28. The van der Waals surface area contributed by atoms with Gasteiger partial charge in [-0.05, 0) is 54.0 Å². The number of halogens is 3. The lowest BCUT2D eigenvalue weighted by molar-refractivity contribution is -0.138.